The largest absolute Gasteiger partial charge is 0.357 e. The van der Waals surface area contributed by atoms with Crippen LogP contribution in [0, 0.1) is 25.7 Å². The van der Waals surface area contributed by atoms with Gasteiger partial charge in [0.25, 0.3) is 0 Å². The van der Waals surface area contributed by atoms with Gasteiger partial charge >= 0.3 is 0 Å². The van der Waals surface area contributed by atoms with Crippen molar-refractivity contribution in [3.8, 4) is 0 Å². The van der Waals surface area contributed by atoms with Crippen LogP contribution in [0.25, 0.3) is 0 Å². The van der Waals surface area contributed by atoms with Crippen LogP contribution in [-0.2, 0) is 6.54 Å². The van der Waals surface area contributed by atoms with Crippen molar-refractivity contribution in [3.63, 3.8) is 0 Å². The van der Waals surface area contributed by atoms with Gasteiger partial charge in [-0.3, -0.25) is 0 Å². The predicted octanol–water partition coefficient (Wildman–Crippen LogP) is 4.26. The van der Waals surface area contributed by atoms with E-state index in [0.29, 0.717) is 6.54 Å². The molecule has 0 radical (unpaired) electrons. The molecular formula is C17H31IN4S. The molecule has 0 unspecified atom stereocenters. The summed E-state index contributed by atoms with van der Waals surface area (Å²) in [5, 5.41) is 8.00. The average Bonchev–Trinajstić information content (AvgIpc) is 2.81. The van der Waals surface area contributed by atoms with Crippen molar-refractivity contribution in [1.82, 2.24) is 15.6 Å². The minimum atomic E-state index is 0. The van der Waals surface area contributed by atoms with E-state index in [2.05, 4.69) is 43.3 Å². The van der Waals surface area contributed by atoms with Crippen LogP contribution in [-0.4, -0.2) is 24.0 Å². The van der Waals surface area contributed by atoms with Crippen molar-refractivity contribution < 1.29 is 0 Å². The van der Waals surface area contributed by atoms with Crippen molar-refractivity contribution in [2.45, 2.75) is 59.9 Å². The summed E-state index contributed by atoms with van der Waals surface area (Å²) >= 11 is 1.75. The molecule has 1 aromatic rings. The molecule has 0 bridgehead atoms. The maximum atomic E-state index is 4.72. The fourth-order valence-corrected chi connectivity index (χ4v) is 3.85. The number of thiazole rings is 1. The van der Waals surface area contributed by atoms with E-state index in [4.69, 9.17) is 4.99 Å². The highest BCUT2D eigenvalue weighted by Gasteiger charge is 2.18. The number of aliphatic imine (C=N–C) groups is 1. The first-order valence-corrected chi connectivity index (χ1v) is 9.35. The minimum Gasteiger partial charge on any atom is -0.357 e. The fourth-order valence-electron chi connectivity index (χ4n) is 2.99. The third kappa shape index (κ3) is 6.95. The van der Waals surface area contributed by atoms with Crippen LogP contribution in [0.15, 0.2) is 4.99 Å². The number of aromatic nitrogens is 1. The van der Waals surface area contributed by atoms with Gasteiger partial charge in [0.2, 0.25) is 0 Å². The molecule has 23 heavy (non-hydrogen) atoms. The van der Waals surface area contributed by atoms with Crippen LogP contribution in [0.3, 0.4) is 0 Å². The topological polar surface area (TPSA) is 49.3 Å². The molecule has 0 aromatic carbocycles. The van der Waals surface area contributed by atoms with E-state index in [0.717, 1.165) is 41.6 Å². The number of halogens is 1. The second kappa shape index (κ2) is 10.5. The summed E-state index contributed by atoms with van der Waals surface area (Å²) in [6.07, 6.45) is 5.44. The lowest BCUT2D eigenvalue weighted by atomic mass is 9.83. The van der Waals surface area contributed by atoms with Gasteiger partial charge in [0, 0.05) is 18.0 Å². The Morgan fingerprint density at radius 1 is 1.22 bits per heavy atom. The molecule has 6 heteroatoms. The lowest BCUT2D eigenvalue weighted by Gasteiger charge is -2.26. The summed E-state index contributed by atoms with van der Waals surface area (Å²) in [5.74, 6) is 2.65. The quantitative estimate of drug-likeness (QED) is 0.401. The second-order valence-corrected chi connectivity index (χ2v) is 7.73. The van der Waals surface area contributed by atoms with Crippen LogP contribution in [0.5, 0.6) is 0 Å². The third-order valence-electron chi connectivity index (χ3n) is 4.42. The summed E-state index contributed by atoms with van der Waals surface area (Å²) in [4.78, 5) is 10.5. The van der Waals surface area contributed by atoms with Crippen LogP contribution < -0.4 is 10.6 Å². The molecule has 0 amide bonds. The SMILES string of the molecule is CCNC(=NCc1sc(C)nc1C)NCC1CCC(C)CC1.I. The van der Waals surface area contributed by atoms with E-state index in [-0.39, 0.29) is 24.0 Å². The molecular weight excluding hydrogens is 419 g/mol. The molecule has 0 aliphatic heterocycles. The predicted molar refractivity (Wildman–Crippen MR) is 111 cm³/mol. The number of aryl methyl sites for hydroxylation is 2. The molecule has 1 aliphatic rings. The minimum absolute atomic E-state index is 0. The number of nitrogens with zero attached hydrogens (tertiary/aromatic N) is 2. The van der Waals surface area contributed by atoms with E-state index >= 15 is 0 Å². The van der Waals surface area contributed by atoms with E-state index in [1.807, 2.05) is 0 Å². The van der Waals surface area contributed by atoms with Crippen molar-refractivity contribution in [3.05, 3.63) is 15.6 Å². The van der Waals surface area contributed by atoms with Crippen molar-refractivity contribution in [2.24, 2.45) is 16.8 Å². The van der Waals surface area contributed by atoms with Gasteiger partial charge < -0.3 is 10.6 Å². The van der Waals surface area contributed by atoms with Crippen molar-refractivity contribution >= 4 is 41.3 Å². The summed E-state index contributed by atoms with van der Waals surface area (Å²) in [5.41, 5.74) is 1.11. The first kappa shape index (κ1) is 20.7. The fraction of sp³-hybridized carbons (Fsp3) is 0.765. The normalized spacial score (nSPS) is 21.7. The molecule has 132 valence electrons. The van der Waals surface area contributed by atoms with E-state index in [1.165, 1.54) is 30.6 Å². The summed E-state index contributed by atoms with van der Waals surface area (Å²) in [7, 11) is 0. The zero-order valence-electron chi connectivity index (χ0n) is 14.8. The van der Waals surface area contributed by atoms with Crippen LogP contribution in [0.2, 0.25) is 0 Å². The molecule has 0 atom stereocenters. The lowest BCUT2D eigenvalue weighted by molar-refractivity contribution is 0.289. The Hall–Kier alpha value is -0.370. The molecule has 2 N–H and O–H groups in total. The van der Waals surface area contributed by atoms with Gasteiger partial charge in [-0.15, -0.1) is 35.3 Å². The number of guanidine groups is 1. The van der Waals surface area contributed by atoms with Crippen molar-refractivity contribution in [1.29, 1.82) is 0 Å². The molecule has 1 heterocycles. The Kier molecular flexibility index (Phi) is 9.43. The van der Waals surface area contributed by atoms with Gasteiger partial charge in [-0.25, -0.2) is 9.98 Å². The van der Waals surface area contributed by atoms with Gasteiger partial charge in [0.15, 0.2) is 5.96 Å². The van der Waals surface area contributed by atoms with Crippen LogP contribution in [0.1, 0.15) is 55.1 Å². The number of nitrogens with one attached hydrogen (secondary N) is 2. The Morgan fingerprint density at radius 2 is 1.91 bits per heavy atom. The average molecular weight is 450 g/mol. The van der Waals surface area contributed by atoms with E-state index in [1.54, 1.807) is 11.3 Å². The monoisotopic (exact) mass is 450 g/mol. The number of rotatable bonds is 5. The number of hydrogen-bond acceptors (Lipinski definition) is 3. The second-order valence-electron chi connectivity index (χ2n) is 6.44. The zero-order valence-corrected chi connectivity index (χ0v) is 18.0. The number of hydrogen-bond donors (Lipinski definition) is 2. The molecule has 1 fully saturated rings. The van der Waals surface area contributed by atoms with Gasteiger partial charge in [-0.05, 0) is 45.4 Å². The van der Waals surface area contributed by atoms with E-state index in [9.17, 15) is 0 Å². The molecule has 0 saturated heterocycles. The highest BCUT2D eigenvalue weighted by Crippen LogP contribution is 2.27. The van der Waals surface area contributed by atoms with Crippen LogP contribution in [0.4, 0.5) is 0 Å². The maximum absolute atomic E-state index is 4.72. The van der Waals surface area contributed by atoms with Crippen LogP contribution >= 0.6 is 35.3 Å². The van der Waals surface area contributed by atoms with E-state index < -0.39 is 0 Å². The first-order valence-electron chi connectivity index (χ1n) is 8.53. The summed E-state index contributed by atoms with van der Waals surface area (Å²) in [6.45, 7) is 11.3. The van der Waals surface area contributed by atoms with Gasteiger partial charge in [-0.2, -0.15) is 0 Å². The first-order chi connectivity index (χ1) is 10.6. The smallest absolute Gasteiger partial charge is 0.191 e. The molecule has 2 rings (SSSR count). The molecule has 0 spiro atoms. The zero-order chi connectivity index (χ0) is 15.9. The Bertz CT molecular complexity index is 493. The Morgan fingerprint density at radius 3 is 2.48 bits per heavy atom. The highest BCUT2D eigenvalue weighted by atomic mass is 127. The van der Waals surface area contributed by atoms with Crippen molar-refractivity contribution in [2.75, 3.05) is 13.1 Å². The van der Waals surface area contributed by atoms with Gasteiger partial charge in [0.1, 0.15) is 0 Å². The molecule has 1 aromatic heterocycles. The maximum Gasteiger partial charge on any atom is 0.191 e. The lowest BCUT2D eigenvalue weighted by Crippen LogP contribution is -2.40. The van der Waals surface area contributed by atoms with Gasteiger partial charge in [-0.1, -0.05) is 19.8 Å². The summed E-state index contributed by atoms with van der Waals surface area (Å²) < 4.78 is 0. The summed E-state index contributed by atoms with van der Waals surface area (Å²) in [6, 6.07) is 0. The van der Waals surface area contributed by atoms with Gasteiger partial charge in [0.05, 0.1) is 17.2 Å². The molecule has 1 saturated carbocycles. The Balaban J connectivity index is 0.00000264. The Labute approximate surface area is 162 Å². The highest BCUT2D eigenvalue weighted by molar-refractivity contribution is 14.0. The molecule has 1 aliphatic carbocycles. The molecule has 4 nitrogen and oxygen atoms in total. The standard InChI is InChI=1S/C17H30N4S.HI/c1-5-18-17(19-10-15-8-6-12(2)7-9-15)20-11-16-13(3)21-14(4)22-16;/h12,15H,5-11H2,1-4H3,(H2,18,19,20);1H. The third-order valence-corrected chi connectivity index (χ3v) is 5.48.